The monoisotopic (exact) mass is 612 g/mol. The molecule has 0 N–H and O–H groups in total. The summed E-state index contributed by atoms with van der Waals surface area (Å²) in [5.74, 6) is -64.9. The maximum Gasteiger partial charge on any atom is 0.471 e. The van der Waals surface area contributed by atoms with Gasteiger partial charge in [0.2, 0.25) is 17.4 Å². The van der Waals surface area contributed by atoms with Crippen LogP contribution in [0.15, 0.2) is 6.07 Å². The van der Waals surface area contributed by atoms with Crippen molar-refractivity contribution in [3.8, 4) is 5.75 Å². The number of hydrogen-bond acceptors (Lipinski definition) is 1. The summed E-state index contributed by atoms with van der Waals surface area (Å²) in [7, 11) is 0. The first-order valence-electron chi connectivity index (χ1n) is 8.66. The van der Waals surface area contributed by atoms with Gasteiger partial charge < -0.3 is 4.74 Å². The molecule has 222 valence electrons. The van der Waals surface area contributed by atoms with Crippen molar-refractivity contribution in [2.45, 2.75) is 60.7 Å². The van der Waals surface area contributed by atoms with E-state index in [4.69, 9.17) is 0 Å². The van der Waals surface area contributed by atoms with Gasteiger partial charge >= 0.3 is 47.8 Å². The summed E-state index contributed by atoms with van der Waals surface area (Å²) >= 11 is 0. The van der Waals surface area contributed by atoms with Crippen LogP contribution >= 0.6 is 0 Å². The molecule has 0 aliphatic rings. The number of halogens is 21. The smallest absolute Gasteiger partial charge is 0.421 e. The molecule has 0 fully saturated rings. The molecule has 0 radical (unpaired) electrons. The van der Waals surface area contributed by atoms with Gasteiger partial charge in [-0.15, -0.1) is 0 Å². The molecular formula is C16H5F21O. The first kappa shape index (κ1) is 33.6. The molecule has 0 amide bonds. The van der Waals surface area contributed by atoms with Crippen LogP contribution in [0.5, 0.6) is 5.75 Å². The molecule has 0 saturated heterocycles. The lowest BCUT2D eigenvalue weighted by molar-refractivity contribution is -0.458. The third-order valence-electron chi connectivity index (χ3n) is 4.43. The van der Waals surface area contributed by atoms with Gasteiger partial charge in [-0.05, 0) is 0 Å². The van der Waals surface area contributed by atoms with Gasteiger partial charge in [-0.25, -0.2) is 8.78 Å². The van der Waals surface area contributed by atoms with Crippen LogP contribution in [0.4, 0.5) is 92.2 Å². The average Bonchev–Trinajstić information content (AvgIpc) is 2.72. The zero-order valence-corrected chi connectivity index (χ0v) is 16.8. The van der Waals surface area contributed by atoms with Gasteiger partial charge in [0.25, 0.3) is 0 Å². The molecule has 1 nitrogen and oxygen atoms in total. The first-order chi connectivity index (χ1) is 16.4. The molecule has 1 aromatic rings. The fraction of sp³-hybridized carbons (Fsp3) is 0.625. The fourth-order valence-electron chi connectivity index (χ4n) is 2.29. The standard InChI is InChI=1S/C16H5F21O/c17-4-3-5(18)7(20)8(6(4)19)38-16(36,37)15(34,35)14(32,33)13(30,31)12(28,29)11(26,27)9(21,22)1-2-10(23,24)25/h3H,1-2H2. The Morgan fingerprint density at radius 3 is 1.18 bits per heavy atom. The SMILES string of the molecule is Fc1cc(F)c(F)c(OC(F)(F)C(F)(F)C(F)(F)C(F)(F)C(F)(F)C(F)(F)C(F)(F)CCC(F)(F)F)c1F. The number of ether oxygens (including phenoxy) is 1. The predicted octanol–water partition coefficient (Wildman–Crippen LogP) is 8.37. The Morgan fingerprint density at radius 1 is 0.474 bits per heavy atom. The molecule has 0 unspecified atom stereocenters. The van der Waals surface area contributed by atoms with Crippen molar-refractivity contribution in [2.75, 3.05) is 0 Å². The molecule has 0 bridgehead atoms. The fourth-order valence-corrected chi connectivity index (χ4v) is 2.29. The number of benzene rings is 1. The van der Waals surface area contributed by atoms with Crippen molar-refractivity contribution in [2.24, 2.45) is 0 Å². The summed E-state index contributed by atoms with van der Waals surface area (Å²) in [6, 6.07) is -0.821. The van der Waals surface area contributed by atoms with Crippen LogP contribution in [0.1, 0.15) is 12.8 Å². The van der Waals surface area contributed by atoms with Crippen LogP contribution in [0.3, 0.4) is 0 Å². The summed E-state index contributed by atoms with van der Waals surface area (Å²) in [5, 5.41) is 0. The zero-order chi connectivity index (χ0) is 30.7. The largest absolute Gasteiger partial charge is 0.471 e. The molecule has 0 aliphatic heterocycles. The molecule has 22 heteroatoms. The summed E-state index contributed by atoms with van der Waals surface area (Å²) in [6.07, 6.45) is -20.2. The molecule has 38 heavy (non-hydrogen) atoms. The minimum Gasteiger partial charge on any atom is -0.421 e. The van der Waals surface area contributed by atoms with Gasteiger partial charge in [-0.2, -0.15) is 83.4 Å². The Bertz CT molecular complexity index is 997. The van der Waals surface area contributed by atoms with E-state index in [-0.39, 0.29) is 0 Å². The second-order valence-corrected chi connectivity index (χ2v) is 7.11. The van der Waals surface area contributed by atoms with Crippen molar-refractivity contribution in [1.29, 1.82) is 0 Å². The molecule has 0 saturated carbocycles. The van der Waals surface area contributed by atoms with E-state index in [9.17, 15) is 92.2 Å². The normalized spacial score (nSPS) is 15.2. The quantitative estimate of drug-likeness (QED) is 0.191. The second-order valence-electron chi connectivity index (χ2n) is 7.11. The van der Waals surface area contributed by atoms with Crippen LogP contribution in [0, 0.1) is 23.3 Å². The van der Waals surface area contributed by atoms with Gasteiger partial charge in [-0.1, -0.05) is 0 Å². The van der Waals surface area contributed by atoms with Gasteiger partial charge in [0, 0.05) is 18.9 Å². The highest BCUT2D eigenvalue weighted by Crippen LogP contribution is 2.63. The number of hydrogen-bond donors (Lipinski definition) is 0. The zero-order valence-electron chi connectivity index (χ0n) is 16.8. The van der Waals surface area contributed by atoms with Crippen molar-refractivity contribution in [3.05, 3.63) is 29.3 Å². The molecule has 1 rings (SSSR count). The van der Waals surface area contributed by atoms with Crippen molar-refractivity contribution >= 4 is 0 Å². The maximum absolute atomic E-state index is 13.7. The molecule has 0 atom stereocenters. The van der Waals surface area contributed by atoms with Gasteiger partial charge in [-0.3, -0.25) is 0 Å². The van der Waals surface area contributed by atoms with E-state index in [2.05, 4.69) is 4.74 Å². The molecule has 1 aromatic carbocycles. The van der Waals surface area contributed by atoms with E-state index in [0.29, 0.717) is 0 Å². The highest BCUT2D eigenvalue weighted by Gasteiger charge is 2.93. The Balaban J connectivity index is 3.62. The van der Waals surface area contributed by atoms with E-state index < -0.39 is 95.7 Å². The Hall–Kier alpha value is -2.45. The maximum atomic E-state index is 13.7. The molecular weight excluding hydrogens is 607 g/mol. The second kappa shape index (κ2) is 9.33. The van der Waals surface area contributed by atoms with Gasteiger partial charge in [0.05, 0.1) is 0 Å². The molecule has 0 aromatic heterocycles. The Kier molecular flexibility index (Phi) is 8.25. The van der Waals surface area contributed by atoms with E-state index >= 15 is 0 Å². The predicted molar refractivity (Wildman–Crippen MR) is 76.8 cm³/mol. The van der Waals surface area contributed by atoms with Crippen LogP contribution in [-0.2, 0) is 0 Å². The minimum absolute atomic E-state index is 0.821. The summed E-state index contributed by atoms with van der Waals surface area (Å²) in [6.45, 7) is 0. The van der Waals surface area contributed by atoms with Crippen LogP contribution < -0.4 is 4.74 Å². The highest BCUT2D eigenvalue weighted by atomic mass is 19.4. The highest BCUT2D eigenvalue weighted by molar-refractivity contribution is 5.29. The van der Waals surface area contributed by atoms with E-state index in [0.717, 1.165) is 0 Å². The van der Waals surface area contributed by atoms with E-state index in [1.54, 1.807) is 0 Å². The Labute approximate surface area is 194 Å². The van der Waals surface area contributed by atoms with Crippen molar-refractivity contribution in [3.63, 3.8) is 0 Å². The lowest BCUT2D eigenvalue weighted by Crippen LogP contribution is -2.73. The molecule has 0 heterocycles. The van der Waals surface area contributed by atoms with Crippen molar-refractivity contribution in [1.82, 2.24) is 0 Å². The lowest BCUT2D eigenvalue weighted by Gasteiger charge is -2.42. The third-order valence-corrected chi connectivity index (χ3v) is 4.43. The van der Waals surface area contributed by atoms with Gasteiger partial charge in [0.1, 0.15) is 0 Å². The van der Waals surface area contributed by atoms with Gasteiger partial charge in [0.15, 0.2) is 11.6 Å². The summed E-state index contributed by atoms with van der Waals surface area (Å²) in [5.41, 5.74) is 0. The number of rotatable bonds is 10. The lowest BCUT2D eigenvalue weighted by atomic mass is 9.89. The third kappa shape index (κ3) is 5.09. The van der Waals surface area contributed by atoms with Crippen molar-refractivity contribution < 1.29 is 96.9 Å². The molecule has 0 aliphatic carbocycles. The van der Waals surface area contributed by atoms with Crippen LogP contribution in [0.2, 0.25) is 0 Å². The minimum atomic E-state index is -8.74. The first-order valence-corrected chi connectivity index (χ1v) is 8.66. The molecule has 0 spiro atoms. The van der Waals surface area contributed by atoms with Crippen LogP contribution in [0.25, 0.3) is 0 Å². The van der Waals surface area contributed by atoms with E-state index in [1.807, 2.05) is 0 Å². The number of alkyl halides is 17. The Morgan fingerprint density at radius 2 is 0.816 bits per heavy atom. The summed E-state index contributed by atoms with van der Waals surface area (Å²) in [4.78, 5) is 0. The van der Waals surface area contributed by atoms with E-state index in [1.165, 1.54) is 0 Å². The average molecular weight is 612 g/mol. The van der Waals surface area contributed by atoms with Crippen LogP contribution in [-0.4, -0.2) is 47.8 Å². The topological polar surface area (TPSA) is 9.23 Å². The summed E-state index contributed by atoms with van der Waals surface area (Å²) < 4.78 is 281.